The highest BCUT2D eigenvalue weighted by molar-refractivity contribution is 5.76. The van der Waals surface area contributed by atoms with Crippen LogP contribution >= 0.6 is 0 Å². The maximum Gasteiger partial charge on any atom is -0.00301 e. The van der Waals surface area contributed by atoms with E-state index in [1.165, 1.54) is 36.8 Å². The van der Waals surface area contributed by atoms with Gasteiger partial charge in [-0.2, -0.15) is 0 Å². The summed E-state index contributed by atoms with van der Waals surface area (Å²) in [5.41, 5.74) is 6.94. The standard InChI is InChI=1S/C19H18/c1-2-7-15-13(5-1)14-6-3-4-8-16(14)18-17(15)9-10-19(18)11-12-19/h1-8,17-18H,9-12H2. The first-order chi connectivity index (χ1) is 9.39. The van der Waals surface area contributed by atoms with Gasteiger partial charge in [0.05, 0.1) is 0 Å². The number of fused-ring (bicyclic) bond motifs is 7. The van der Waals surface area contributed by atoms with Gasteiger partial charge in [0, 0.05) is 0 Å². The van der Waals surface area contributed by atoms with Gasteiger partial charge in [-0.05, 0) is 65.2 Å². The van der Waals surface area contributed by atoms with E-state index in [9.17, 15) is 0 Å². The van der Waals surface area contributed by atoms with Crippen LogP contribution in [0.4, 0.5) is 0 Å². The van der Waals surface area contributed by atoms with Gasteiger partial charge in [0.25, 0.3) is 0 Å². The van der Waals surface area contributed by atoms with Crippen LogP contribution in [0.15, 0.2) is 48.5 Å². The first-order valence-corrected chi connectivity index (χ1v) is 7.57. The Bertz CT molecular complexity index is 663. The summed E-state index contributed by atoms with van der Waals surface area (Å²) in [5, 5.41) is 0. The Hall–Kier alpha value is -1.56. The molecule has 3 aliphatic carbocycles. The topological polar surface area (TPSA) is 0 Å². The lowest BCUT2D eigenvalue weighted by Gasteiger charge is -2.34. The second-order valence-corrected chi connectivity index (χ2v) is 6.66. The van der Waals surface area contributed by atoms with Gasteiger partial charge < -0.3 is 0 Å². The normalized spacial score (nSPS) is 28.6. The smallest absolute Gasteiger partial charge is 0.00301 e. The van der Waals surface area contributed by atoms with Crippen molar-refractivity contribution in [1.29, 1.82) is 0 Å². The number of hydrogen-bond donors (Lipinski definition) is 0. The van der Waals surface area contributed by atoms with E-state index in [2.05, 4.69) is 48.5 Å². The van der Waals surface area contributed by atoms with E-state index in [1.807, 2.05) is 0 Å². The molecule has 0 radical (unpaired) electrons. The third-order valence-electron chi connectivity index (χ3n) is 5.85. The Balaban J connectivity index is 1.83. The summed E-state index contributed by atoms with van der Waals surface area (Å²) in [6.45, 7) is 0. The molecule has 1 spiro atoms. The summed E-state index contributed by atoms with van der Waals surface area (Å²) in [4.78, 5) is 0. The summed E-state index contributed by atoms with van der Waals surface area (Å²) >= 11 is 0. The summed E-state index contributed by atoms with van der Waals surface area (Å²) in [5.74, 6) is 1.59. The van der Waals surface area contributed by atoms with E-state index in [4.69, 9.17) is 0 Å². The van der Waals surface area contributed by atoms with Crippen molar-refractivity contribution in [1.82, 2.24) is 0 Å². The lowest BCUT2D eigenvalue weighted by molar-refractivity contribution is 0.442. The minimum atomic E-state index is 0.675. The molecule has 0 nitrogen and oxygen atoms in total. The molecule has 19 heavy (non-hydrogen) atoms. The Morgan fingerprint density at radius 2 is 1.37 bits per heavy atom. The molecule has 5 rings (SSSR count). The first-order valence-electron chi connectivity index (χ1n) is 7.57. The Morgan fingerprint density at radius 1 is 0.737 bits per heavy atom. The highest BCUT2D eigenvalue weighted by atomic mass is 14.6. The van der Waals surface area contributed by atoms with Crippen LogP contribution in [0.25, 0.3) is 11.1 Å². The van der Waals surface area contributed by atoms with Crippen LogP contribution in [0.3, 0.4) is 0 Å². The number of rotatable bonds is 0. The van der Waals surface area contributed by atoms with Gasteiger partial charge in [0.15, 0.2) is 0 Å². The molecule has 0 aliphatic heterocycles. The van der Waals surface area contributed by atoms with Crippen LogP contribution in [-0.2, 0) is 0 Å². The minimum absolute atomic E-state index is 0.675. The molecule has 0 heterocycles. The third-order valence-corrected chi connectivity index (χ3v) is 5.85. The van der Waals surface area contributed by atoms with E-state index in [0.717, 1.165) is 11.8 Å². The summed E-state index contributed by atoms with van der Waals surface area (Å²) in [7, 11) is 0. The van der Waals surface area contributed by atoms with Crippen molar-refractivity contribution in [2.75, 3.05) is 0 Å². The highest BCUT2D eigenvalue weighted by Gasteiger charge is 2.58. The average molecular weight is 246 g/mol. The maximum absolute atomic E-state index is 2.40. The molecule has 3 aliphatic rings. The fourth-order valence-corrected chi connectivity index (χ4v) is 4.87. The summed E-state index contributed by atoms with van der Waals surface area (Å²) < 4.78 is 0. The zero-order chi connectivity index (χ0) is 12.4. The van der Waals surface area contributed by atoms with E-state index in [-0.39, 0.29) is 0 Å². The highest BCUT2D eigenvalue weighted by Crippen LogP contribution is 2.71. The molecule has 0 bridgehead atoms. The molecule has 0 N–H and O–H groups in total. The van der Waals surface area contributed by atoms with Crippen LogP contribution in [0.1, 0.15) is 48.6 Å². The van der Waals surface area contributed by atoms with Crippen LogP contribution in [0.2, 0.25) is 0 Å². The lowest BCUT2D eigenvalue weighted by Crippen LogP contribution is -2.18. The molecule has 2 aromatic carbocycles. The van der Waals surface area contributed by atoms with Gasteiger partial charge in [0.2, 0.25) is 0 Å². The van der Waals surface area contributed by atoms with Crippen molar-refractivity contribution in [3.8, 4) is 11.1 Å². The van der Waals surface area contributed by atoms with Crippen LogP contribution < -0.4 is 0 Å². The monoisotopic (exact) mass is 246 g/mol. The van der Waals surface area contributed by atoms with Crippen LogP contribution in [-0.4, -0.2) is 0 Å². The summed E-state index contributed by atoms with van der Waals surface area (Å²) in [6.07, 6.45) is 5.77. The van der Waals surface area contributed by atoms with Gasteiger partial charge in [0.1, 0.15) is 0 Å². The SMILES string of the molecule is c1ccc2c(c1)-c1ccccc1C1C2CCC12CC2. The minimum Gasteiger partial charge on any atom is -0.0619 e. The second-order valence-electron chi connectivity index (χ2n) is 6.66. The fraction of sp³-hybridized carbons (Fsp3) is 0.368. The Labute approximate surface area is 114 Å². The van der Waals surface area contributed by atoms with E-state index in [0.29, 0.717) is 5.41 Å². The van der Waals surface area contributed by atoms with Crippen molar-refractivity contribution in [2.24, 2.45) is 5.41 Å². The third kappa shape index (κ3) is 1.20. The molecule has 2 atom stereocenters. The van der Waals surface area contributed by atoms with Crippen molar-refractivity contribution in [3.63, 3.8) is 0 Å². The molecule has 0 saturated heterocycles. The van der Waals surface area contributed by atoms with Crippen molar-refractivity contribution in [3.05, 3.63) is 59.7 Å². The molecule has 2 saturated carbocycles. The average Bonchev–Trinajstić information content (AvgIpc) is 3.14. The maximum atomic E-state index is 2.40. The predicted octanol–water partition coefficient (Wildman–Crippen LogP) is 5.11. The molecule has 0 heteroatoms. The van der Waals surface area contributed by atoms with Gasteiger partial charge in [-0.15, -0.1) is 0 Å². The van der Waals surface area contributed by atoms with Gasteiger partial charge in [-0.25, -0.2) is 0 Å². The van der Waals surface area contributed by atoms with Crippen molar-refractivity contribution < 1.29 is 0 Å². The Morgan fingerprint density at radius 3 is 2.11 bits per heavy atom. The molecule has 0 aromatic heterocycles. The van der Waals surface area contributed by atoms with Crippen LogP contribution in [0, 0.1) is 5.41 Å². The zero-order valence-corrected chi connectivity index (χ0v) is 11.1. The van der Waals surface area contributed by atoms with Crippen molar-refractivity contribution >= 4 is 0 Å². The molecular weight excluding hydrogens is 228 g/mol. The second kappa shape index (κ2) is 3.30. The van der Waals surface area contributed by atoms with Gasteiger partial charge in [-0.1, -0.05) is 48.5 Å². The first kappa shape index (κ1) is 10.3. The van der Waals surface area contributed by atoms with Crippen LogP contribution in [0.5, 0.6) is 0 Å². The molecule has 2 fully saturated rings. The zero-order valence-electron chi connectivity index (χ0n) is 11.1. The molecule has 0 amide bonds. The number of benzene rings is 2. The Kier molecular flexibility index (Phi) is 1.78. The molecule has 94 valence electrons. The predicted molar refractivity (Wildman–Crippen MR) is 78.3 cm³/mol. The van der Waals surface area contributed by atoms with E-state index >= 15 is 0 Å². The van der Waals surface area contributed by atoms with Gasteiger partial charge in [-0.3, -0.25) is 0 Å². The largest absolute Gasteiger partial charge is 0.0619 e. The fourth-order valence-electron chi connectivity index (χ4n) is 4.87. The molecule has 2 unspecified atom stereocenters. The lowest BCUT2D eigenvalue weighted by atomic mass is 9.70. The van der Waals surface area contributed by atoms with E-state index < -0.39 is 0 Å². The van der Waals surface area contributed by atoms with E-state index in [1.54, 1.807) is 11.1 Å². The molecular formula is C19H18. The van der Waals surface area contributed by atoms with Crippen molar-refractivity contribution in [2.45, 2.75) is 37.5 Å². The summed E-state index contributed by atoms with van der Waals surface area (Å²) in [6, 6.07) is 18.3. The number of hydrogen-bond acceptors (Lipinski definition) is 0. The van der Waals surface area contributed by atoms with Gasteiger partial charge >= 0.3 is 0 Å². The quantitative estimate of drug-likeness (QED) is 0.606. The molecule has 2 aromatic rings.